The SMILES string of the molecule is CCNC(c1cccc(F)c1Cl)c1csc2ccccc12. The molecular formula is C17H15ClFNS. The van der Waals surface area contributed by atoms with E-state index in [-0.39, 0.29) is 16.9 Å². The third-order valence-corrected chi connectivity index (χ3v) is 4.90. The van der Waals surface area contributed by atoms with E-state index < -0.39 is 0 Å². The number of fused-ring (bicyclic) bond motifs is 1. The Bertz CT molecular complexity index is 768. The molecule has 1 atom stereocenters. The van der Waals surface area contributed by atoms with Crippen molar-refractivity contribution in [2.75, 3.05) is 6.54 Å². The van der Waals surface area contributed by atoms with Crippen LogP contribution in [0.2, 0.25) is 5.02 Å². The van der Waals surface area contributed by atoms with Crippen molar-refractivity contribution in [1.29, 1.82) is 0 Å². The number of halogens is 2. The molecule has 1 unspecified atom stereocenters. The predicted molar refractivity (Wildman–Crippen MR) is 88.8 cm³/mol. The van der Waals surface area contributed by atoms with Crippen molar-refractivity contribution in [2.45, 2.75) is 13.0 Å². The first kappa shape index (κ1) is 14.5. The maximum Gasteiger partial charge on any atom is 0.142 e. The van der Waals surface area contributed by atoms with Crippen LogP contribution in [0.3, 0.4) is 0 Å². The van der Waals surface area contributed by atoms with Gasteiger partial charge < -0.3 is 5.32 Å². The molecule has 0 bridgehead atoms. The van der Waals surface area contributed by atoms with Crippen LogP contribution in [-0.2, 0) is 0 Å². The van der Waals surface area contributed by atoms with Gasteiger partial charge in [-0.3, -0.25) is 0 Å². The van der Waals surface area contributed by atoms with Gasteiger partial charge in [-0.15, -0.1) is 11.3 Å². The van der Waals surface area contributed by atoms with Gasteiger partial charge in [0, 0.05) is 4.70 Å². The summed E-state index contributed by atoms with van der Waals surface area (Å²) in [6, 6.07) is 13.1. The Morgan fingerprint density at radius 3 is 2.76 bits per heavy atom. The molecule has 1 aromatic heterocycles. The molecule has 1 N–H and O–H groups in total. The van der Waals surface area contributed by atoms with Crippen molar-refractivity contribution < 1.29 is 4.39 Å². The summed E-state index contributed by atoms with van der Waals surface area (Å²) in [7, 11) is 0. The summed E-state index contributed by atoms with van der Waals surface area (Å²) >= 11 is 7.88. The quantitative estimate of drug-likeness (QED) is 0.679. The van der Waals surface area contributed by atoms with Crippen molar-refractivity contribution in [3.05, 3.63) is 69.8 Å². The monoisotopic (exact) mass is 319 g/mol. The third-order valence-electron chi connectivity index (χ3n) is 3.52. The maximum atomic E-state index is 13.8. The van der Waals surface area contributed by atoms with Crippen LogP contribution in [-0.4, -0.2) is 6.54 Å². The second-order valence-corrected chi connectivity index (χ2v) is 6.11. The van der Waals surface area contributed by atoms with E-state index in [4.69, 9.17) is 11.6 Å². The Kier molecular flexibility index (Phi) is 4.24. The molecule has 0 radical (unpaired) electrons. The highest BCUT2D eigenvalue weighted by molar-refractivity contribution is 7.17. The van der Waals surface area contributed by atoms with Crippen LogP contribution >= 0.6 is 22.9 Å². The van der Waals surface area contributed by atoms with Crippen LogP contribution in [0.4, 0.5) is 4.39 Å². The summed E-state index contributed by atoms with van der Waals surface area (Å²) in [6.07, 6.45) is 0. The molecule has 0 saturated carbocycles. The van der Waals surface area contributed by atoms with E-state index in [1.165, 1.54) is 16.2 Å². The Morgan fingerprint density at radius 1 is 1.14 bits per heavy atom. The van der Waals surface area contributed by atoms with Crippen molar-refractivity contribution in [3.8, 4) is 0 Å². The van der Waals surface area contributed by atoms with Gasteiger partial charge >= 0.3 is 0 Å². The predicted octanol–water partition coefficient (Wildman–Crippen LogP) is 5.39. The normalized spacial score (nSPS) is 12.7. The average molecular weight is 320 g/mol. The molecular weight excluding hydrogens is 305 g/mol. The van der Waals surface area contributed by atoms with Crippen molar-refractivity contribution in [3.63, 3.8) is 0 Å². The van der Waals surface area contributed by atoms with Gasteiger partial charge in [-0.2, -0.15) is 0 Å². The Labute approximate surface area is 132 Å². The standard InChI is InChI=1S/C17H15ClFNS/c1-2-20-17(12-7-5-8-14(19)16(12)18)13-10-21-15-9-4-3-6-11(13)15/h3-10,17,20H,2H2,1H3. The van der Waals surface area contributed by atoms with Gasteiger partial charge in [0.15, 0.2) is 0 Å². The first-order valence-electron chi connectivity index (χ1n) is 6.85. The van der Waals surface area contributed by atoms with Crippen LogP contribution in [0, 0.1) is 5.82 Å². The van der Waals surface area contributed by atoms with Gasteiger partial charge in [-0.25, -0.2) is 4.39 Å². The van der Waals surface area contributed by atoms with Gasteiger partial charge in [0.1, 0.15) is 5.82 Å². The third kappa shape index (κ3) is 2.69. The molecule has 0 amide bonds. The minimum Gasteiger partial charge on any atom is -0.306 e. The van der Waals surface area contributed by atoms with Gasteiger partial charge in [0.25, 0.3) is 0 Å². The van der Waals surface area contributed by atoms with Crippen LogP contribution in [0.5, 0.6) is 0 Å². The zero-order valence-electron chi connectivity index (χ0n) is 11.6. The molecule has 0 saturated heterocycles. The molecule has 3 rings (SSSR count). The molecule has 0 spiro atoms. The summed E-state index contributed by atoms with van der Waals surface area (Å²) in [5, 5.41) is 6.92. The van der Waals surface area contributed by atoms with Crippen molar-refractivity contribution in [1.82, 2.24) is 5.32 Å². The first-order chi connectivity index (χ1) is 10.2. The van der Waals surface area contributed by atoms with E-state index >= 15 is 0 Å². The molecule has 108 valence electrons. The Morgan fingerprint density at radius 2 is 1.95 bits per heavy atom. The summed E-state index contributed by atoms with van der Waals surface area (Å²) in [5.74, 6) is -0.378. The zero-order chi connectivity index (χ0) is 14.8. The van der Waals surface area contributed by atoms with E-state index in [0.29, 0.717) is 0 Å². The number of benzene rings is 2. The summed E-state index contributed by atoms with van der Waals surface area (Å²) < 4.78 is 15.0. The fourth-order valence-electron chi connectivity index (χ4n) is 2.56. The Hall–Kier alpha value is -1.42. The van der Waals surface area contributed by atoms with Gasteiger partial charge in [-0.05, 0) is 40.6 Å². The van der Waals surface area contributed by atoms with E-state index in [0.717, 1.165) is 17.7 Å². The van der Waals surface area contributed by atoms with Crippen LogP contribution < -0.4 is 5.32 Å². The minimum absolute atomic E-state index is 0.102. The molecule has 0 aliphatic heterocycles. The number of nitrogens with one attached hydrogen (secondary N) is 1. The molecule has 21 heavy (non-hydrogen) atoms. The zero-order valence-corrected chi connectivity index (χ0v) is 13.1. The molecule has 2 aromatic carbocycles. The molecule has 1 heterocycles. The van der Waals surface area contributed by atoms with Crippen molar-refractivity contribution >= 4 is 33.0 Å². The van der Waals surface area contributed by atoms with Crippen LogP contribution in [0.25, 0.3) is 10.1 Å². The fourth-order valence-corrected chi connectivity index (χ4v) is 3.78. The van der Waals surface area contributed by atoms with E-state index in [9.17, 15) is 4.39 Å². The smallest absolute Gasteiger partial charge is 0.142 e. The molecule has 0 aliphatic carbocycles. The highest BCUT2D eigenvalue weighted by Crippen LogP contribution is 2.36. The molecule has 3 aromatic rings. The van der Waals surface area contributed by atoms with Gasteiger partial charge in [0.2, 0.25) is 0 Å². The maximum absolute atomic E-state index is 13.8. The summed E-state index contributed by atoms with van der Waals surface area (Å²) in [6.45, 7) is 2.82. The number of hydrogen-bond acceptors (Lipinski definition) is 2. The second kappa shape index (κ2) is 6.14. The minimum atomic E-state index is -0.378. The lowest BCUT2D eigenvalue weighted by Crippen LogP contribution is -2.22. The van der Waals surface area contributed by atoms with Gasteiger partial charge in [-0.1, -0.05) is 48.9 Å². The molecule has 4 heteroatoms. The van der Waals surface area contributed by atoms with Crippen LogP contribution in [0.15, 0.2) is 47.8 Å². The number of rotatable bonds is 4. The second-order valence-electron chi connectivity index (χ2n) is 4.82. The lowest BCUT2D eigenvalue weighted by atomic mass is 9.98. The number of hydrogen-bond donors (Lipinski definition) is 1. The molecule has 1 nitrogen and oxygen atoms in total. The topological polar surface area (TPSA) is 12.0 Å². The highest BCUT2D eigenvalue weighted by atomic mass is 35.5. The van der Waals surface area contributed by atoms with E-state index in [1.807, 2.05) is 25.1 Å². The lowest BCUT2D eigenvalue weighted by molar-refractivity contribution is 0.606. The number of thiophene rings is 1. The highest BCUT2D eigenvalue weighted by Gasteiger charge is 2.20. The fraction of sp³-hybridized carbons (Fsp3) is 0.176. The summed E-state index contributed by atoms with van der Waals surface area (Å²) in [5.41, 5.74) is 1.92. The van der Waals surface area contributed by atoms with Crippen molar-refractivity contribution in [2.24, 2.45) is 0 Å². The Balaban J connectivity index is 2.16. The van der Waals surface area contributed by atoms with Gasteiger partial charge in [0.05, 0.1) is 11.1 Å². The molecule has 0 aliphatic rings. The lowest BCUT2D eigenvalue weighted by Gasteiger charge is -2.19. The van der Waals surface area contributed by atoms with E-state index in [1.54, 1.807) is 17.4 Å². The van der Waals surface area contributed by atoms with E-state index in [2.05, 4.69) is 22.8 Å². The average Bonchev–Trinajstić information content (AvgIpc) is 2.92. The molecule has 0 fully saturated rings. The van der Waals surface area contributed by atoms with Crippen LogP contribution in [0.1, 0.15) is 24.1 Å². The largest absolute Gasteiger partial charge is 0.306 e. The first-order valence-corrected chi connectivity index (χ1v) is 8.11. The summed E-state index contributed by atoms with van der Waals surface area (Å²) in [4.78, 5) is 0.